The van der Waals surface area contributed by atoms with Crippen molar-refractivity contribution in [3.8, 4) is 5.75 Å². The zero-order chi connectivity index (χ0) is 14.5. The maximum atomic E-state index is 6.12. The second-order valence-corrected chi connectivity index (χ2v) is 5.35. The lowest BCUT2D eigenvalue weighted by Crippen LogP contribution is -2.19. The topological polar surface area (TPSA) is 21.3 Å². The number of halogens is 1. The maximum Gasteiger partial charge on any atom is 0.123 e. The lowest BCUT2D eigenvalue weighted by Gasteiger charge is -2.20. The number of rotatable bonds is 5. The molecule has 0 amide bonds. The molecule has 1 N–H and O–H groups in total. The number of aryl methyl sites for hydroxylation is 1. The first-order chi connectivity index (χ1) is 9.63. The third-order valence-electron chi connectivity index (χ3n) is 3.48. The zero-order valence-electron chi connectivity index (χ0n) is 12.1. The normalized spacial score (nSPS) is 12.2. The molecule has 1 atom stereocenters. The van der Waals surface area contributed by atoms with Crippen molar-refractivity contribution in [3.63, 3.8) is 0 Å². The largest absolute Gasteiger partial charge is 0.496 e. The summed E-state index contributed by atoms with van der Waals surface area (Å²) in [5, 5.41) is 4.07. The molecule has 0 aliphatic carbocycles. The lowest BCUT2D eigenvalue weighted by molar-refractivity contribution is 0.401. The molecule has 0 saturated carbocycles. The molecule has 0 heterocycles. The Bertz CT molecular complexity index is 566. The summed E-state index contributed by atoms with van der Waals surface area (Å²) in [7, 11) is 3.64. The predicted molar refractivity (Wildman–Crippen MR) is 84.7 cm³/mol. The highest BCUT2D eigenvalue weighted by Gasteiger charge is 2.15. The zero-order valence-corrected chi connectivity index (χ0v) is 12.9. The minimum Gasteiger partial charge on any atom is -0.496 e. The first-order valence-corrected chi connectivity index (χ1v) is 7.08. The van der Waals surface area contributed by atoms with E-state index in [4.69, 9.17) is 16.3 Å². The van der Waals surface area contributed by atoms with Gasteiger partial charge in [-0.05, 0) is 44.2 Å². The molecule has 106 valence electrons. The number of ether oxygens (including phenoxy) is 1. The van der Waals surface area contributed by atoms with Gasteiger partial charge in [-0.1, -0.05) is 41.4 Å². The summed E-state index contributed by atoms with van der Waals surface area (Å²) >= 11 is 6.12. The van der Waals surface area contributed by atoms with Crippen LogP contribution < -0.4 is 10.1 Å². The van der Waals surface area contributed by atoms with Crippen molar-refractivity contribution >= 4 is 11.6 Å². The first-order valence-electron chi connectivity index (χ1n) is 6.70. The molecule has 0 radical (unpaired) electrons. The van der Waals surface area contributed by atoms with E-state index in [-0.39, 0.29) is 6.04 Å². The van der Waals surface area contributed by atoms with E-state index >= 15 is 0 Å². The highest BCUT2D eigenvalue weighted by Crippen LogP contribution is 2.30. The minimum atomic E-state index is 0.173. The van der Waals surface area contributed by atoms with E-state index in [1.807, 2.05) is 25.2 Å². The summed E-state index contributed by atoms with van der Waals surface area (Å²) < 4.78 is 5.44. The molecule has 0 bridgehead atoms. The van der Waals surface area contributed by atoms with Gasteiger partial charge in [-0.15, -0.1) is 0 Å². The lowest BCUT2D eigenvalue weighted by atomic mass is 9.97. The third-order valence-corrected chi connectivity index (χ3v) is 3.71. The molecule has 3 heteroatoms. The van der Waals surface area contributed by atoms with Crippen molar-refractivity contribution < 1.29 is 4.74 Å². The van der Waals surface area contributed by atoms with Crippen LogP contribution in [-0.4, -0.2) is 14.2 Å². The second kappa shape index (κ2) is 6.78. The molecule has 2 rings (SSSR count). The smallest absolute Gasteiger partial charge is 0.123 e. The van der Waals surface area contributed by atoms with Crippen LogP contribution >= 0.6 is 11.6 Å². The van der Waals surface area contributed by atoms with Crippen LogP contribution in [0.2, 0.25) is 5.02 Å². The van der Waals surface area contributed by atoms with Gasteiger partial charge in [-0.25, -0.2) is 0 Å². The average molecular weight is 290 g/mol. The molecule has 1 unspecified atom stereocenters. The Kier molecular flexibility index (Phi) is 5.05. The molecule has 20 heavy (non-hydrogen) atoms. The molecule has 0 spiro atoms. The van der Waals surface area contributed by atoms with E-state index in [9.17, 15) is 0 Å². The van der Waals surface area contributed by atoms with E-state index in [1.54, 1.807) is 7.11 Å². The van der Waals surface area contributed by atoms with Crippen molar-refractivity contribution in [2.75, 3.05) is 14.2 Å². The fraction of sp³-hybridized carbons (Fsp3) is 0.294. The Labute approximate surface area is 125 Å². The standard InChI is InChI=1S/C17H20ClNO/c1-12-4-6-13(7-5-12)10-16(19-2)15-11-14(18)8-9-17(15)20-3/h4-9,11,16,19H,10H2,1-3H3. The van der Waals surface area contributed by atoms with Gasteiger partial charge >= 0.3 is 0 Å². The number of likely N-dealkylation sites (N-methyl/N-ethyl adjacent to an activating group) is 1. The van der Waals surface area contributed by atoms with Crippen molar-refractivity contribution in [2.24, 2.45) is 0 Å². The van der Waals surface area contributed by atoms with Gasteiger partial charge in [0.15, 0.2) is 0 Å². The first kappa shape index (κ1) is 14.9. The van der Waals surface area contributed by atoms with E-state index < -0.39 is 0 Å². The fourth-order valence-electron chi connectivity index (χ4n) is 2.30. The number of methoxy groups -OCH3 is 1. The fourth-order valence-corrected chi connectivity index (χ4v) is 2.49. The molecular formula is C17H20ClNO. The molecule has 0 saturated heterocycles. The Morgan fingerprint density at radius 2 is 1.85 bits per heavy atom. The summed E-state index contributed by atoms with van der Waals surface area (Å²) in [5.74, 6) is 0.862. The number of nitrogens with one attached hydrogen (secondary N) is 1. The van der Waals surface area contributed by atoms with Crippen LogP contribution in [0.3, 0.4) is 0 Å². The van der Waals surface area contributed by atoms with E-state index in [2.05, 4.69) is 36.5 Å². The van der Waals surface area contributed by atoms with E-state index in [1.165, 1.54) is 11.1 Å². The quantitative estimate of drug-likeness (QED) is 0.892. The van der Waals surface area contributed by atoms with Crippen LogP contribution in [-0.2, 0) is 6.42 Å². The molecule has 0 aliphatic rings. The summed E-state index contributed by atoms with van der Waals surface area (Å²) in [6.07, 6.45) is 0.896. The van der Waals surface area contributed by atoms with Crippen molar-refractivity contribution in [3.05, 3.63) is 64.2 Å². The summed E-state index contributed by atoms with van der Waals surface area (Å²) in [4.78, 5) is 0. The Morgan fingerprint density at radius 1 is 1.15 bits per heavy atom. The van der Waals surface area contributed by atoms with Gasteiger partial charge in [-0.2, -0.15) is 0 Å². The predicted octanol–water partition coefficient (Wildman–Crippen LogP) is 4.16. The van der Waals surface area contributed by atoms with Gasteiger partial charge in [-0.3, -0.25) is 0 Å². The second-order valence-electron chi connectivity index (χ2n) is 4.92. The molecule has 2 aromatic rings. The molecule has 2 nitrogen and oxygen atoms in total. The number of benzene rings is 2. The number of hydrogen-bond donors (Lipinski definition) is 1. The Morgan fingerprint density at radius 3 is 2.45 bits per heavy atom. The summed E-state index contributed by atoms with van der Waals surface area (Å²) in [6.45, 7) is 2.10. The SMILES string of the molecule is CNC(Cc1ccc(C)cc1)c1cc(Cl)ccc1OC. The van der Waals surface area contributed by atoms with E-state index in [0.717, 1.165) is 22.8 Å². The summed E-state index contributed by atoms with van der Waals surface area (Å²) in [5.41, 5.74) is 3.65. The van der Waals surface area contributed by atoms with Crippen LogP contribution in [0.1, 0.15) is 22.7 Å². The number of hydrogen-bond acceptors (Lipinski definition) is 2. The molecule has 0 aromatic heterocycles. The van der Waals surface area contributed by atoms with Gasteiger partial charge in [0, 0.05) is 16.6 Å². The van der Waals surface area contributed by atoms with Crippen LogP contribution in [0.5, 0.6) is 5.75 Å². The van der Waals surface area contributed by atoms with Gasteiger partial charge in [0.05, 0.1) is 7.11 Å². The average Bonchev–Trinajstić information content (AvgIpc) is 2.46. The monoisotopic (exact) mass is 289 g/mol. The van der Waals surface area contributed by atoms with Gasteiger partial charge in [0.25, 0.3) is 0 Å². The van der Waals surface area contributed by atoms with Gasteiger partial charge in [0.2, 0.25) is 0 Å². The Balaban J connectivity index is 2.28. The van der Waals surface area contributed by atoms with Crippen molar-refractivity contribution in [1.29, 1.82) is 0 Å². The molecule has 0 aliphatic heterocycles. The molecule has 2 aromatic carbocycles. The van der Waals surface area contributed by atoms with Crippen molar-refractivity contribution in [2.45, 2.75) is 19.4 Å². The minimum absolute atomic E-state index is 0.173. The van der Waals surface area contributed by atoms with Crippen LogP contribution in [0.4, 0.5) is 0 Å². The van der Waals surface area contributed by atoms with Crippen LogP contribution in [0.15, 0.2) is 42.5 Å². The summed E-state index contributed by atoms with van der Waals surface area (Å²) in [6, 6.07) is 14.5. The third kappa shape index (κ3) is 3.53. The van der Waals surface area contributed by atoms with Crippen LogP contribution in [0.25, 0.3) is 0 Å². The molecule has 0 fully saturated rings. The van der Waals surface area contributed by atoms with Gasteiger partial charge in [0.1, 0.15) is 5.75 Å². The maximum absolute atomic E-state index is 6.12. The van der Waals surface area contributed by atoms with E-state index in [0.29, 0.717) is 0 Å². The van der Waals surface area contributed by atoms with Crippen LogP contribution in [0, 0.1) is 6.92 Å². The van der Waals surface area contributed by atoms with Crippen molar-refractivity contribution in [1.82, 2.24) is 5.32 Å². The highest BCUT2D eigenvalue weighted by atomic mass is 35.5. The Hall–Kier alpha value is -1.51. The highest BCUT2D eigenvalue weighted by molar-refractivity contribution is 6.30. The van der Waals surface area contributed by atoms with Gasteiger partial charge < -0.3 is 10.1 Å². The molecular weight excluding hydrogens is 270 g/mol.